The summed E-state index contributed by atoms with van der Waals surface area (Å²) in [6.07, 6.45) is 1.91. The highest BCUT2D eigenvalue weighted by Gasteiger charge is 1.77. The van der Waals surface area contributed by atoms with Crippen LogP contribution in [-0.2, 0) is 4.74 Å². The average Bonchev–Trinajstić information content (AvgIpc) is 1.68. The number of allylic oxidation sites excluding steroid dienone is 2. The van der Waals surface area contributed by atoms with Gasteiger partial charge >= 0.3 is 0 Å². The molecule has 0 atom stereocenters. The third-order valence-electron chi connectivity index (χ3n) is 0.736. The zero-order valence-corrected chi connectivity index (χ0v) is 4.90. The van der Waals surface area contributed by atoms with Crippen molar-refractivity contribution in [1.82, 2.24) is 0 Å². The van der Waals surface area contributed by atoms with Crippen molar-refractivity contribution < 1.29 is 4.74 Å². The van der Waals surface area contributed by atoms with Crippen LogP contribution in [0.25, 0.3) is 0 Å². The molecule has 0 bridgehead atoms. The van der Waals surface area contributed by atoms with Crippen LogP contribution in [0.2, 0.25) is 0 Å². The Hall–Kier alpha value is -0.460. The molecule has 0 saturated carbocycles. The molecule has 0 aromatic carbocycles. The second kappa shape index (κ2) is 3.72. The van der Waals surface area contributed by atoms with Gasteiger partial charge in [0.2, 0.25) is 0 Å². The molecule has 0 N–H and O–H groups in total. The van der Waals surface area contributed by atoms with Crippen LogP contribution in [0.5, 0.6) is 0 Å². The van der Waals surface area contributed by atoms with Gasteiger partial charge in [0, 0.05) is 0 Å². The first-order valence-corrected chi connectivity index (χ1v) is 2.36. The zero-order valence-electron chi connectivity index (χ0n) is 4.90. The zero-order chi connectivity index (χ0) is 5.70. The van der Waals surface area contributed by atoms with Crippen LogP contribution >= 0.6 is 0 Å². The van der Waals surface area contributed by atoms with Crippen molar-refractivity contribution >= 4 is 0 Å². The molecule has 0 aromatic rings. The maximum absolute atomic E-state index is 4.94. The van der Waals surface area contributed by atoms with E-state index in [1.165, 1.54) is 0 Å². The van der Waals surface area contributed by atoms with Crippen LogP contribution in [-0.4, -0.2) is 6.61 Å². The van der Waals surface area contributed by atoms with E-state index in [9.17, 15) is 0 Å². The van der Waals surface area contributed by atoms with Crippen molar-refractivity contribution in [3.05, 3.63) is 18.8 Å². The number of rotatable bonds is 2. The van der Waals surface area contributed by atoms with Gasteiger partial charge < -0.3 is 4.74 Å². The molecule has 0 aromatic heterocycles. The Kier molecular flexibility index (Phi) is 3.48. The standard InChI is InChI=1S/C6H11O/c1-4-6(3)7-5-2/h4H,2,5H2,1,3H3/b6-4-. The maximum Gasteiger partial charge on any atom is 0.0886 e. The van der Waals surface area contributed by atoms with Crippen LogP contribution < -0.4 is 0 Å². The lowest BCUT2D eigenvalue weighted by Crippen LogP contribution is -1.84. The summed E-state index contributed by atoms with van der Waals surface area (Å²) in [4.78, 5) is 0. The molecule has 0 rings (SSSR count). The summed E-state index contributed by atoms with van der Waals surface area (Å²) in [5, 5.41) is 0. The third-order valence-corrected chi connectivity index (χ3v) is 0.736. The fraction of sp³-hybridized carbons (Fsp3) is 0.500. The van der Waals surface area contributed by atoms with E-state index in [-0.39, 0.29) is 0 Å². The van der Waals surface area contributed by atoms with E-state index in [0.29, 0.717) is 6.61 Å². The predicted octanol–water partition coefficient (Wildman–Crippen LogP) is 1.76. The van der Waals surface area contributed by atoms with Gasteiger partial charge in [0.15, 0.2) is 0 Å². The molecule has 0 amide bonds. The minimum atomic E-state index is 0.524. The molecular weight excluding hydrogens is 88.1 g/mol. The SMILES string of the molecule is [CH2]CO/C(C)=C\C. The van der Waals surface area contributed by atoms with Gasteiger partial charge in [0.1, 0.15) is 0 Å². The molecule has 0 aliphatic carbocycles. The molecule has 0 unspecified atom stereocenters. The first-order valence-electron chi connectivity index (χ1n) is 2.36. The van der Waals surface area contributed by atoms with E-state index in [4.69, 9.17) is 4.74 Å². The Balaban J connectivity index is 3.17. The number of hydrogen-bond acceptors (Lipinski definition) is 1. The minimum Gasteiger partial charge on any atom is -0.499 e. The second-order valence-electron chi connectivity index (χ2n) is 1.25. The molecule has 0 aliphatic heterocycles. The van der Waals surface area contributed by atoms with Crippen LogP contribution in [0.15, 0.2) is 11.8 Å². The van der Waals surface area contributed by atoms with Crippen LogP contribution in [0, 0.1) is 6.92 Å². The summed E-state index contributed by atoms with van der Waals surface area (Å²) in [6, 6.07) is 0. The maximum atomic E-state index is 4.94. The Morgan fingerprint density at radius 2 is 2.43 bits per heavy atom. The summed E-state index contributed by atoms with van der Waals surface area (Å²) in [7, 11) is 0. The van der Waals surface area contributed by atoms with Gasteiger partial charge in [-0.05, 0) is 20.8 Å². The molecule has 0 aliphatic rings. The van der Waals surface area contributed by atoms with E-state index >= 15 is 0 Å². The molecule has 1 nitrogen and oxygen atoms in total. The first-order chi connectivity index (χ1) is 3.31. The summed E-state index contributed by atoms with van der Waals surface area (Å²) >= 11 is 0. The minimum absolute atomic E-state index is 0.524. The average molecular weight is 99.2 g/mol. The highest BCUT2D eigenvalue weighted by atomic mass is 16.5. The third kappa shape index (κ3) is 3.37. The summed E-state index contributed by atoms with van der Waals surface area (Å²) in [5.74, 6) is 0.940. The van der Waals surface area contributed by atoms with Crippen molar-refractivity contribution in [2.45, 2.75) is 13.8 Å². The van der Waals surface area contributed by atoms with Crippen molar-refractivity contribution in [3.8, 4) is 0 Å². The number of ether oxygens (including phenoxy) is 1. The van der Waals surface area contributed by atoms with Gasteiger partial charge in [-0.2, -0.15) is 0 Å². The van der Waals surface area contributed by atoms with Crippen LogP contribution in [0.3, 0.4) is 0 Å². The Morgan fingerprint density at radius 3 is 2.57 bits per heavy atom. The summed E-state index contributed by atoms with van der Waals surface area (Å²) < 4.78 is 4.94. The highest BCUT2D eigenvalue weighted by Crippen LogP contribution is 1.90. The fourth-order valence-corrected chi connectivity index (χ4v) is 0.244. The molecular formula is C6H11O. The highest BCUT2D eigenvalue weighted by molar-refractivity contribution is 4.83. The van der Waals surface area contributed by atoms with Crippen molar-refractivity contribution in [2.24, 2.45) is 0 Å². The van der Waals surface area contributed by atoms with E-state index in [0.717, 1.165) is 5.76 Å². The normalized spacial score (nSPS) is 11.6. The van der Waals surface area contributed by atoms with Gasteiger partial charge in [-0.3, -0.25) is 0 Å². The first kappa shape index (κ1) is 6.54. The molecule has 0 fully saturated rings. The van der Waals surface area contributed by atoms with E-state index in [1.54, 1.807) is 0 Å². The van der Waals surface area contributed by atoms with Gasteiger partial charge in [-0.15, -0.1) is 0 Å². The van der Waals surface area contributed by atoms with Gasteiger partial charge in [-0.25, -0.2) is 0 Å². The van der Waals surface area contributed by atoms with Crippen molar-refractivity contribution in [1.29, 1.82) is 0 Å². The molecule has 0 saturated heterocycles. The van der Waals surface area contributed by atoms with Crippen molar-refractivity contribution in [2.75, 3.05) is 6.61 Å². The largest absolute Gasteiger partial charge is 0.499 e. The fourth-order valence-electron chi connectivity index (χ4n) is 0.244. The molecule has 1 heteroatoms. The van der Waals surface area contributed by atoms with E-state index in [1.807, 2.05) is 19.9 Å². The van der Waals surface area contributed by atoms with Crippen LogP contribution in [0.4, 0.5) is 0 Å². The van der Waals surface area contributed by atoms with E-state index < -0.39 is 0 Å². The predicted molar refractivity (Wildman–Crippen MR) is 30.7 cm³/mol. The second-order valence-corrected chi connectivity index (χ2v) is 1.25. The van der Waals surface area contributed by atoms with E-state index in [2.05, 4.69) is 6.92 Å². The molecule has 0 spiro atoms. The molecule has 41 valence electrons. The van der Waals surface area contributed by atoms with Gasteiger partial charge in [0.05, 0.1) is 12.4 Å². The quantitative estimate of drug-likeness (QED) is 0.479. The Morgan fingerprint density at radius 1 is 1.86 bits per heavy atom. The Labute approximate surface area is 45.0 Å². The molecule has 0 heterocycles. The monoisotopic (exact) mass is 99.1 g/mol. The lowest BCUT2D eigenvalue weighted by atomic mass is 10.5. The van der Waals surface area contributed by atoms with Gasteiger partial charge in [-0.1, -0.05) is 6.08 Å². The lowest BCUT2D eigenvalue weighted by molar-refractivity contribution is 0.247. The number of hydrogen-bond donors (Lipinski definition) is 0. The Bertz CT molecular complexity index is 64.6. The topological polar surface area (TPSA) is 9.23 Å². The summed E-state index contributed by atoms with van der Waals surface area (Å²) in [5.41, 5.74) is 0. The smallest absolute Gasteiger partial charge is 0.0886 e. The van der Waals surface area contributed by atoms with Crippen molar-refractivity contribution in [3.63, 3.8) is 0 Å². The lowest BCUT2D eigenvalue weighted by Gasteiger charge is -1.97. The van der Waals surface area contributed by atoms with Gasteiger partial charge in [0.25, 0.3) is 0 Å². The summed E-state index contributed by atoms with van der Waals surface area (Å²) in [6.45, 7) is 7.88. The molecule has 1 radical (unpaired) electrons. The van der Waals surface area contributed by atoms with Crippen LogP contribution in [0.1, 0.15) is 13.8 Å². The molecule has 7 heavy (non-hydrogen) atoms.